The molecule has 2 fully saturated rings. The van der Waals surface area contributed by atoms with Crippen molar-refractivity contribution in [2.45, 2.75) is 57.4 Å². The van der Waals surface area contributed by atoms with E-state index in [1.54, 1.807) is 4.90 Å². The van der Waals surface area contributed by atoms with Crippen LogP contribution in [0.4, 0.5) is 4.79 Å². The fraction of sp³-hybridized carbons (Fsp3) is 0.650. The van der Waals surface area contributed by atoms with Crippen molar-refractivity contribution >= 4 is 27.8 Å². The van der Waals surface area contributed by atoms with E-state index in [-0.39, 0.29) is 24.3 Å². The first kappa shape index (κ1) is 22.3. The van der Waals surface area contributed by atoms with Gasteiger partial charge in [-0.2, -0.15) is 8.42 Å². The van der Waals surface area contributed by atoms with Gasteiger partial charge in [0.2, 0.25) is 0 Å². The highest BCUT2D eigenvalue weighted by molar-refractivity contribution is 7.86. The lowest BCUT2D eigenvalue weighted by molar-refractivity contribution is -0.00860. The van der Waals surface area contributed by atoms with Gasteiger partial charge in [0.05, 0.1) is 18.4 Å². The standard InChI is InChI=1S/C20H29ClN2O5S/c1-20(2,3)27-19(24)23-12-16-10-18(28-29(4,25)26)13-22(16)11-17(23)9-14-5-7-15(21)8-6-14/h5-8,16-18H,9-13H2,1-4H3/t16-,17-,18+/m0/s1. The molecule has 2 aliphatic heterocycles. The molecule has 0 unspecified atom stereocenters. The van der Waals surface area contributed by atoms with Gasteiger partial charge in [0.15, 0.2) is 0 Å². The van der Waals surface area contributed by atoms with Crippen molar-refractivity contribution < 1.29 is 22.1 Å². The van der Waals surface area contributed by atoms with Crippen molar-refractivity contribution in [3.63, 3.8) is 0 Å². The molecule has 3 atom stereocenters. The number of fused-ring (bicyclic) bond motifs is 1. The topological polar surface area (TPSA) is 76.1 Å². The maximum absolute atomic E-state index is 12.9. The second kappa shape index (κ2) is 8.41. The third kappa shape index (κ3) is 6.31. The number of hydrogen-bond acceptors (Lipinski definition) is 6. The van der Waals surface area contributed by atoms with Gasteiger partial charge in [0, 0.05) is 30.7 Å². The normalized spacial score (nSPS) is 25.7. The molecule has 2 heterocycles. The smallest absolute Gasteiger partial charge is 0.410 e. The summed E-state index contributed by atoms with van der Waals surface area (Å²) in [6, 6.07) is 7.57. The minimum atomic E-state index is -3.51. The third-order valence-electron chi connectivity index (χ3n) is 5.11. The van der Waals surface area contributed by atoms with Crippen molar-refractivity contribution in [3.05, 3.63) is 34.9 Å². The van der Waals surface area contributed by atoms with Crippen LogP contribution in [0.2, 0.25) is 5.02 Å². The summed E-state index contributed by atoms with van der Waals surface area (Å²) in [5.74, 6) is 0. The maximum Gasteiger partial charge on any atom is 0.410 e. The molecule has 1 aromatic rings. The number of rotatable bonds is 4. The van der Waals surface area contributed by atoms with Gasteiger partial charge in [0.25, 0.3) is 10.1 Å². The van der Waals surface area contributed by atoms with Gasteiger partial charge in [-0.1, -0.05) is 23.7 Å². The van der Waals surface area contributed by atoms with Crippen LogP contribution in [0, 0.1) is 0 Å². The van der Waals surface area contributed by atoms with Crippen LogP contribution in [0.5, 0.6) is 0 Å². The Labute approximate surface area is 178 Å². The lowest BCUT2D eigenvalue weighted by Crippen LogP contribution is -2.59. The molecular weight excluding hydrogens is 416 g/mol. The van der Waals surface area contributed by atoms with Crippen LogP contribution in [-0.2, 0) is 25.5 Å². The number of carbonyl (C=O) groups is 1. The molecule has 0 aliphatic carbocycles. The van der Waals surface area contributed by atoms with Crippen LogP contribution in [0.1, 0.15) is 32.8 Å². The Hall–Kier alpha value is -1.35. The van der Waals surface area contributed by atoms with Crippen molar-refractivity contribution in [1.82, 2.24) is 9.80 Å². The number of amides is 1. The van der Waals surface area contributed by atoms with E-state index in [1.807, 2.05) is 45.0 Å². The highest BCUT2D eigenvalue weighted by Gasteiger charge is 2.44. The molecular formula is C20H29ClN2O5S. The summed E-state index contributed by atoms with van der Waals surface area (Å²) in [5, 5.41) is 0.668. The summed E-state index contributed by atoms with van der Waals surface area (Å²) in [4.78, 5) is 16.9. The molecule has 9 heteroatoms. The van der Waals surface area contributed by atoms with Crippen LogP contribution >= 0.6 is 11.6 Å². The first-order valence-electron chi connectivity index (χ1n) is 9.76. The Balaban J connectivity index is 1.77. The van der Waals surface area contributed by atoms with Gasteiger partial charge in [0.1, 0.15) is 5.60 Å². The van der Waals surface area contributed by atoms with E-state index >= 15 is 0 Å². The summed E-state index contributed by atoms with van der Waals surface area (Å²) >= 11 is 5.99. The van der Waals surface area contributed by atoms with Crippen molar-refractivity contribution in [2.75, 3.05) is 25.9 Å². The summed E-state index contributed by atoms with van der Waals surface area (Å²) in [6.07, 6.45) is 1.58. The fourth-order valence-corrected chi connectivity index (χ4v) is 4.78. The number of benzene rings is 1. The van der Waals surface area contributed by atoms with Gasteiger partial charge in [-0.05, 0) is 51.3 Å². The number of ether oxygens (including phenoxy) is 1. The Bertz CT molecular complexity index is 837. The largest absolute Gasteiger partial charge is 0.444 e. The molecule has 0 radical (unpaired) electrons. The zero-order valence-electron chi connectivity index (χ0n) is 17.3. The fourth-order valence-electron chi connectivity index (χ4n) is 4.03. The predicted octanol–water partition coefficient (Wildman–Crippen LogP) is 2.92. The first-order valence-corrected chi connectivity index (χ1v) is 12.0. The Morgan fingerprint density at radius 1 is 1.17 bits per heavy atom. The third-order valence-corrected chi connectivity index (χ3v) is 5.98. The molecule has 1 amide bonds. The molecule has 2 aliphatic rings. The van der Waals surface area contributed by atoms with Gasteiger partial charge in [-0.3, -0.25) is 9.08 Å². The van der Waals surface area contributed by atoms with Crippen molar-refractivity contribution in [2.24, 2.45) is 0 Å². The first-order chi connectivity index (χ1) is 13.4. The van der Waals surface area contributed by atoms with Crippen LogP contribution in [-0.4, -0.2) is 74.0 Å². The molecule has 0 N–H and O–H groups in total. The average Bonchev–Trinajstić information content (AvgIpc) is 2.93. The summed E-state index contributed by atoms with van der Waals surface area (Å²) in [7, 11) is -3.51. The van der Waals surface area contributed by atoms with Crippen LogP contribution in [0.25, 0.3) is 0 Å². The summed E-state index contributed by atoms with van der Waals surface area (Å²) in [5.41, 5.74) is 0.492. The lowest BCUT2D eigenvalue weighted by atomic mass is 10.00. The van der Waals surface area contributed by atoms with Crippen molar-refractivity contribution in [3.8, 4) is 0 Å². The minimum absolute atomic E-state index is 0.0516. The van der Waals surface area contributed by atoms with Crippen molar-refractivity contribution in [1.29, 1.82) is 0 Å². The van der Waals surface area contributed by atoms with Crippen LogP contribution in [0.3, 0.4) is 0 Å². The molecule has 3 rings (SSSR count). The SMILES string of the molecule is CC(C)(C)OC(=O)N1C[C@@H]2C[C@@H](OS(C)(=O)=O)CN2C[C@@H]1Cc1ccc(Cl)cc1. The van der Waals surface area contributed by atoms with E-state index in [1.165, 1.54) is 0 Å². The van der Waals surface area contributed by atoms with E-state index in [0.717, 1.165) is 11.8 Å². The summed E-state index contributed by atoms with van der Waals surface area (Å²) < 4.78 is 33.9. The highest BCUT2D eigenvalue weighted by atomic mass is 35.5. The zero-order valence-corrected chi connectivity index (χ0v) is 18.9. The van der Waals surface area contributed by atoms with Crippen LogP contribution < -0.4 is 0 Å². The van der Waals surface area contributed by atoms with Gasteiger partial charge < -0.3 is 9.64 Å². The number of piperazine rings is 1. The average molecular weight is 445 g/mol. The second-order valence-electron chi connectivity index (χ2n) is 8.88. The van der Waals surface area contributed by atoms with Crippen LogP contribution in [0.15, 0.2) is 24.3 Å². The molecule has 2 saturated heterocycles. The molecule has 1 aromatic carbocycles. The molecule has 29 heavy (non-hydrogen) atoms. The Kier molecular flexibility index (Phi) is 6.48. The number of nitrogens with zero attached hydrogens (tertiary/aromatic N) is 2. The molecule has 0 aromatic heterocycles. The predicted molar refractivity (Wildman–Crippen MR) is 112 cm³/mol. The van der Waals surface area contributed by atoms with E-state index in [0.29, 0.717) is 37.5 Å². The Morgan fingerprint density at radius 3 is 2.41 bits per heavy atom. The molecule has 0 saturated carbocycles. The number of carbonyl (C=O) groups excluding carboxylic acids is 1. The van der Waals surface area contributed by atoms with E-state index in [4.69, 9.17) is 20.5 Å². The van der Waals surface area contributed by atoms with Gasteiger partial charge in [-0.15, -0.1) is 0 Å². The van der Waals surface area contributed by atoms with Gasteiger partial charge >= 0.3 is 6.09 Å². The monoisotopic (exact) mass is 444 g/mol. The van der Waals surface area contributed by atoms with E-state index in [2.05, 4.69) is 4.90 Å². The maximum atomic E-state index is 12.9. The van der Waals surface area contributed by atoms with E-state index in [9.17, 15) is 13.2 Å². The molecule has 0 bridgehead atoms. The van der Waals surface area contributed by atoms with Gasteiger partial charge in [-0.25, -0.2) is 4.79 Å². The van der Waals surface area contributed by atoms with E-state index < -0.39 is 15.7 Å². The number of hydrogen-bond donors (Lipinski definition) is 0. The quantitative estimate of drug-likeness (QED) is 0.664. The molecule has 0 spiro atoms. The highest BCUT2D eigenvalue weighted by Crippen LogP contribution is 2.30. The lowest BCUT2D eigenvalue weighted by Gasteiger charge is -2.43. The Morgan fingerprint density at radius 2 is 1.83 bits per heavy atom. The number of halogens is 1. The molecule has 7 nitrogen and oxygen atoms in total. The molecule has 162 valence electrons. The minimum Gasteiger partial charge on any atom is -0.444 e. The summed E-state index contributed by atoms with van der Waals surface area (Å²) in [6.45, 7) is 7.20. The second-order valence-corrected chi connectivity index (χ2v) is 10.9. The zero-order chi connectivity index (χ0) is 21.4.